The Morgan fingerprint density at radius 2 is 1.92 bits per heavy atom. The smallest absolute Gasteiger partial charge is 0.332 e. The van der Waals surface area contributed by atoms with Crippen molar-refractivity contribution in [1.29, 1.82) is 0 Å². The zero-order valence-corrected chi connectivity index (χ0v) is 9.22. The molecule has 3 nitrogen and oxygen atoms in total. The summed E-state index contributed by atoms with van der Waals surface area (Å²) < 4.78 is 10.3. The molecule has 0 aliphatic carbocycles. The highest BCUT2D eigenvalue weighted by atomic mass is 16.6. The summed E-state index contributed by atoms with van der Waals surface area (Å²) >= 11 is 0. The maximum Gasteiger partial charge on any atom is 0.332 e. The van der Waals surface area contributed by atoms with Crippen LogP contribution >= 0.6 is 0 Å². The molecular weight excluding hydrogens is 168 g/mol. The number of hydrogen-bond acceptors (Lipinski definition) is 3. The molecule has 0 aliphatic heterocycles. The Labute approximate surface area is 80.4 Å². The topological polar surface area (TPSA) is 35.5 Å². The maximum absolute atomic E-state index is 11.1. The fourth-order valence-electron chi connectivity index (χ4n) is 0.653. The van der Waals surface area contributed by atoms with E-state index in [0.29, 0.717) is 0 Å². The fraction of sp³-hybridized carbons (Fsp3) is 0.900. The molecule has 0 unspecified atom stereocenters. The second kappa shape index (κ2) is 5.22. The number of esters is 1. The average molecular weight is 188 g/mol. The van der Waals surface area contributed by atoms with Gasteiger partial charge >= 0.3 is 5.97 Å². The van der Waals surface area contributed by atoms with Crippen molar-refractivity contribution in [2.24, 2.45) is 0 Å². The van der Waals surface area contributed by atoms with E-state index in [9.17, 15) is 4.79 Å². The monoisotopic (exact) mass is 188 g/mol. The van der Waals surface area contributed by atoms with Crippen molar-refractivity contribution in [1.82, 2.24) is 0 Å². The average Bonchev–Trinajstić information content (AvgIpc) is 2.00. The molecule has 0 radical (unpaired) electrons. The third-order valence-corrected chi connectivity index (χ3v) is 1.80. The number of hydrogen-bond donors (Lipinski definition) is 0. The van der Waals surface area contributed by atoms with Crippen LogP contribution in [0.2, 0.25) is 0 Å². The molecule has 0 N–H and O–H groups in total. The Morgan fingerprint density at radius 3 is 2.31 bits per heavy atom. The molecule has 78 valence electrons. The lowest BCUT2D eigenvalue weighted by atomic mass is 10.1. The van der Waals surface area contributed by atoms with Crippen molar-refractivity contribution in [3.05, 3.63) is 0 Å². The molecule has 0 aromatic carbocycles. The number of carbonyl (C=O) groups is 1. The van der Waals surface area contributed by atoms with Gasteiger partial charge in [0.25, 0.3) is 0 Å². The van der Waals surface area contributed by atoms with Crippen LogP contribution in [0.4, 0.5) is 0 Å². The van der Waals surface area contributed by atoms with Crippen LogP contribution in [-0.2, 0) is 14.3 Å². The molecular formula is C10H20O3. The molecule has 0 atom stereocenters. The zero-order chi connectivity index (χ0) is 10.5. The van der Waals surface area contributed by atoms with Gasteiger partial charge in [-0.3, -0.25) is 0 Å². The highest BCUT2D eigenvalue weighted by molar-refractivity contribution is 5.70. The standard InChI is InChI=1S/C10H20O3/c1-6-10(4,5)12-7-9(11)13-8(2)3/h8H,6-7H2,1-5H3. The van der Waals surface area contributed by atoms with E-state index in [-0.39, 0.29) is 24.3 Å². The second-order valence-electron chi connectivity index (χ2n) is 3.94. The van der Waals surface area contributed by atoms with Crippen molar-refractivity contribution >= 4 is 5.97 Å². The van der Waals surface area contributed by atoms with Gasteiger partial charge in [0.1, 0.15) is 6.61 Å². The van der Waals surface area contributed by atoms with Crippen molar-refractivity contribution < 1.29 is 14.3 Å². The van der Waals surface area contributed by atoms with E-state index in [1.165, 1.54) is 0 Å². The minimum absolute atomic E-state index is 0.0407. The number of rotatable bonds is 5. The molecule has 0 saturated heterocycles. The SMILES string of the molecule is CCC(C)(C)OCC(=O)OC(C)C. The first-order valence-corrected chi connectivity index (χ1v) is 4.71. The van der Waals surface area contributed by atoms with Gasteiger partial charge in [0.05, 0.1) is 11.7 Å². The van der Waals surface area contributed by atoms with Gasteiger partial charge in [-0.25, -0.2) is 4.79 Å². The first kappa shape index (κ1) is 12.4. The normalized spacial score (nSPS) is 11.8. The van der Waals surface area contributed by atoms with E-state index >= 15 is 0 Å². The molecule has 0 amide bonds. The molecule has 0 spiro atoms. The van der Waals surface area contributed by atoms with E-state index < -0.39 is 0 Å². The lowest BCUT2D eigenvalue weighted by Gasteiger charge is -2.22. The minimum atomic E-state index is -0.295. The Bertz CT molecular complexity index is 162. The molecule has 0 aromatic heterocycles. The van der Waals surface area contributed by atoms with Crippen molar-refractivity contribution in [3.63, 3.8) is 0 Å². The largest absolute Gasteiger partial charge is 0.461 e. The van der Waals surface area contributed by atoms with Gasteiger partial charge in [0, 0.05) is 0 Å². The van der Waals surface area contributed by atoms with Gasteiger partial charge in [0.15, 0.2) is 0 Å². The van der Waals surface area contributed by atoms with Gasteiger partial charge in [-0.05, 0) is 34.1 Å². The first-order valence-electron chi connectivity index (χ1n) is 4.71. The third kappa shape index (κ3) is 6.58. The molecule has 13 heavy (non-hydrogen) atoms. The van der Waals surface area contributed by atoms with Crippen molar-refractivity contribution in [3.8, 4) is 0 Å². The zero-order valence-electron chi connectivity index (χ0n) is 9.22. The highest BCUT2D eigenvalue weighted by Crippen LogP contribution is 2.13. The number of carbonyl (C=O) groups excluding carboxylic acids is 1. The van der Waals surface area contributed by atoms with Gasteiger partial charge < -0.3 is 9.47 Å². The maximum atomic E-state index is 11.1. The van der Waals surface area contributed by atoms with E-state index in [1.54, 1.807) is 0 Å². The van der Waals surface area contributed by atoms with E-state index in [4.69, 9.17) is 9.47 Å². The Hall–Kier alpha value is -0.570. The Kier molecular flexibility index (Phi) is 4.99. The van der Waals surface area contributed by atoms with Gasteiger partial charge in [-0.15, -0.1) is 0 Å². The Balaban J connectivity index is 3.70. The Morgan fingerprint density at radius 1 is 1.38 bits per heavy atom. The van der Waals surface area contributed by atoms with Crippen LogP contribution in [0.3, 0.4) is 0 Å². The lowest BCUT2D eigenvalue weighted by molar-refractivity contribution is -0.158. The summed E-state index contributed by atoms with van der Waals surface area (Å²) in [5.41, 5.74) is -0.240. The summed E-state index contributed by atoms with van der Waals surface area (Å²) in [4.78, 5) is 11.1. The summed E-state index contributed by atoms with van der Waals surface area (Å²) in [5, 5.41) is 0. The lowest BCUT2D eigenvalue weighted by Crippen LogP contribution is -2.28. The van der Waals surface area contributed by atoms with Crippen molar-refractivity contribution in [2.45, 2.75) is 52.7 Å². The summed E-state index contributed by atoms with van der Waals surface area (Å²) in [6, 6.07) is 0. The highest BCUT2D eigenvalue weighted by Gasteiger charge is 2.17. The molecule has 0 rings (SSSR count). The summed E-state index contributed by atoms with van der Waals surface area (Å²) in [6.45, 7) is 9.61. The molecule has 0 heterocycles. The van der Waals surface area contributed by atoms with Crippen LogP contribution in [0, 0.1) is 0 Å². The van der Waals surface area contributed by atoms with Crippen LogP contribution in [0.1, 0.15) is 41.0 Å². The molecule has 0 aliphatic rings. The fourth-order valence-corrected chi connectivity index (χ4v) is 0.653. The van der Waals surface area contributed by atoms with Crippen LogP contribution in [0.15, 0.2) is 0 Å². The number of ether oxygens (including phenoxy) is 2. The molecule has 3 heteroatoms. The molecule has 0 bridgehead atoms. The quantitative estimate of drug-likeness (QED) is 0.620. The molecule has 0 aromatic rings. The predicted molar refractivity (Wildman–Crippen MR) is 51.6 cm³/mol. The predicted octanol–water partition coefficient (Wildman–Crippen LogP) is 2.14. The van der Waals surface area contributed by atoms with Crippen LogP contribution in [0.25, 0.3) is 0 Å². The van der Waals surface area contributed by atoms with Gasteiger partial charge in [-0.1, -0.05) is 6.92 Å². The minimum Gasteiger partial charge on any atom is -0.461 e. The van der Waals surface area contributed by atoms with E-state index in [2.05, 4.69) is 0 Å². The first-order chi connectivity index (χ1) is 5.87. The summed E-state index contributed by atoms with van der Waals surface area (Å²) in [6.07, 6.45) is 0.808. The molecule has 0 fully saturated rings. The van der Waals surface area contributed by atoms with E-state index in [0.717, 1.165) is 6.42 Å². The van der Waals surface area contributed by atoms with Crippen LogP contribution in [-0.4, -0.2) is 24.3 Å². The van der Waals surface area contributed by atoms with Crippen molar-refractivity contribution in [2.75, 3.05) is 6.61 Å². The summed E-state index contributed by atoms with van der Waals surface area (Å²) in [7, 11) is 0. The summed E-state index contributed by atoms with van der Waals surface area (Å²) in [5.74, 6) is -0.295. The third-order valence-electron chi connectivity index (χ3n) is 1.80. The molecule has 0 saturated carbocycles. The van der Waals surface area contributed by atoms with Gasteiger partial charge in [0.2, 0.25) is 0 Å². The van der Waals surface area contributed by atoms with Gasteiger partial charge in [-0.2, -0.15) is 0 Å². The van der Waals surface area contributed by atoms with Crippen LogP contribution < -0.4 is 0 Å². The van der Waals surface area contributed by atoms with E-state index in [1.807, 2.05) is 34.6 Å². The second-order valence-corrected chi connectivity index (χ2v) is 3.94. The van der Waals surface area contributed by atoms with Crippen LogP contribution in [0.5, 0.6) is 0 Å².